The Morgan fingerprint density at radius 1 is 1.20 bits per heavy atom. The van der Waals surface area contributed by atoms with Crippen molar-refractivity contribution in [2.45, 2.75) is 23.3 Å². The number of aromatic nitrogens is 4. The molecule has 2 aromatic heterocycles. The zero-order valence-corrected chi connectivity index (χ0v) is 17.7. The Kier molecular flexibility index (Phi) is 6.15. The Morgan fingerprint density at radius 2 is 2.00 bits per heavy atom. The molecule has 0 saturated carbocycles. The van der Waals surface area contributed by atoms with Crippen LogP contribution >= 0.6 is 23.4 Å². The van der Waals surface area contributed by atoms with Gasteiger partial charge >= 0.3 is 0 Å². The molecule has 9 heteroatoms. The molecule has 0 saturated heterocycles. The van der Waals surface area contributed by atoms with E-state index >= 15 is 0 Å². The molecule has 0 unspecified atom stereocenters. The first-order valence-corrected chi connectivity index (χ1v) is 10.5. The molecule has 0 bridgehead atoms. The summed E-state index contributed by atoms with van der Waals surface area (Å²) >= 11 is 7.35. The highest BCUT2D eigenvalue weighted by atomic mass is 35.5. The third kappa shape index (κ3) is 4.72. The number of halogens is 1. The molecule has 30 heavy (non-hydrogen) atoms. The van der Waals surface area contributed by atoms with Gasteiger partial charge in [0.15, 0.2) is 6.61 Å². The van der Waals surface area contributed by atoms with Crippen LogP contribution in [0.5, 0.6) is 5.75 Å². The van der Waals surface area contributed by atoms with Gasteiger partial charge in [-0.15, -0.1) is 0 Å². The molecule has 7 nitrogen and oxygen atoms in total. The lowest BCUT2D eigenvalue weighted by molar-refractivity contribution is -0.118. The number of carbonyl (C=O) groups is 1. The Morgan fingerprint density at radius 3 is 2.80 bits per heavy atom. The summed E-state index contributed by atoms with van der Waals surface area (Å²) in [6.07, 6.45) is 2.27. The number of para-hydroxylation sites is 1. The van der Waals surface area contributed by atoms with Crippen molar-refractivity contribution in [2.75, 3.05) is 11.9 Å². The van der Waals surface area contributed by atoms with Gasteiger partial charge in [-0.3, -0.25) is 4.79 Å². The van der Waals surface area contributed by atoms with Crippen LogP contribution < -0.4 is 10.1 Å². The molecule has 0 atom stereocenters. The van der Waals surface area contributed by atoms with Crippen LogP contribution in [-0.4, -0.2) is 32.1 Å². The summed E-state index contributed by atoms with van der Waals surface area (Å²) in [5, 5.41) is 8.65. The number of amides is 1. The monoisotopic (exact) mass is 439 g/mol. The van der Waals surface area contributed by atoms with E-state index in [9.17, 15) is 4.79 Å². The Balaban J connectivity index is 1.49. The van der Waals surface area contributed by atoms with Crippen LogP contribution in [0.15, 0.2) is 70.8 Å². The van der Waals surface area contributed by atoms with Gasteiger partial charge in [-0.1, -0.05) is 42.4 Å². The van der Waals surface area contributed by atoms with Crippen molar-refractivity contribution in [3.8, 4) is 5.75 Å². The first-order chi connectivity index (χ1) is 14.6. The molecule has 1 amide bonds. The topological polar surface area (TPSA) is 81.4 Å². The van der Waals surface area contributed by atoms with Crippen LogP contribution in [0.25, 0.3) is 5.78 Å². The second-order valence-electron chi connectivity index (χ2n) is 6.30. The summed E-state index contributed by atoms with van der Waals surface area (Å²) in [7, 11) is 0. The maximum atomic E-state index is 12.4. The van der Waals surface area contributed by atoms with Crippen molar-refractivity contribution < 1.29 is 9.53 Å². The van der Waals surface area contributed by atoms with Crippen molar-refractivity contribution in [2.24, 2.45) is 0 Å². The number of benzene rings is 2. The number of carbonyl (C=O) groups excluding carboxylic acids is 1. The zero-order valence-electron chi connectivity index (χ0n) is 16.1. The molecule has 0 aliphatic rings. The van der Waals surface area contributed by atoms with E-state index in [0.717, 1.165) is 22.0 Å². The van der Waals surface area contributed by atoms with E-state index in [-0.39, 0.29) is 12.5 Å². The van der Waals surface area contributed by atoms with Gasteiger partial charge in [0, 0.05) is 15.6 Å². The van der Waals surface area contributed by atoms with Crippen LogP contribution in [0, 0.1) is 0 Å². The van der Waals surface area contributed by atoms with E-state index < -0.39 is 0 Å². The number of rotatable bonds is 7. The minimum Gasteiger partial charge on any atom is -0.484 e. The molecule has 4 aromatic rings. The second-order valence-corrected chi connectivity index (χ2v) is 7.80. The molecular weight excluding hydrogens is 422 g/mol. The summed E-state index contributed by atoms with van der Waals surface area (Å²) < 4.78 is 7.21. The number of hydrogen-bond donors (Lipinski definition) is 1. The fourth-order valence-electron chi connectivity index (χ4n) is 2.72. The van der Waals surface area contributed by atoms with Crippen molar-refractivity contribution in [3.05, 3.63) is 71.6 Å². The van der Waals surface area contributed by atoms with Crippen LogP contribution in [0.4, 0.5) is 5.69 Å². The molecule has 2 heterocycles. The van der Waals surface area contributed by atoms with Gasteiger partial charge in [0.1, 0.15) is 17.1 Å². The normalized spacial score (nSPS) is 10.9. The highest BCUT2D eigenvalue weighted by molar-refractivity contribution is 7.99. The van der Waals surface area contributed by atoms with Crippen LogP contribution in [0.2, 0.25) is 5.02 Å². The van der Waals surface area contributed by atoms with Gasteiger partial charge in [-0.05, 0) is 48.9 Å². The highest BCUT2D eigenvalue weighted by Crippen LogP contribution is 2.33. The number of nitrogens with one attached hydrogen (secondary N) is 1. The molecule has 4 rings (SSSR count). The summed E-state index contributed by atoms with van der Waals surface area (Å²) in [6.45, 7) is 1.93. The number of aryl methyl sites for hydroxylation is 1. The molecular formula is C21H18ClN5O2S. The molecule has 0 aliphatic heterocycles. The maximum Gasteiger partial charge on any atom is 0.262 e. The molecule has 0 fully saturated rings. The molecule has 0 radical (unpaired) electrons. The first-order valence-electron chi connectivity index (χ1n) is 9.27. The summed E-state index contributed by atoms with van der Waals surface area (Å²) in [5.41, 5.74) is 1.62. The number of ether oxygens (including phenoxy) is 1. The predicted octanol–water partition coefficient (Wildman–Crippen LogP) is 4.51. The van der Waals surface area contributed by atoms with E-state index in [1.807, 2.05) is 37.3 Å². The van der Waals surface area contributed by atoms with Crippen LogP contribution in [0.3, 0.4) is 0 Å². The fraction of sp³-hybridized carbons (Fsp3) is 0.143. The van der Waals surface area contributed by atoms with Crippen LogP contribution in [0.1, 0.15) is 12.6 Å². The third-order valence-electron chi connectivity index (χ3n) is 4.19. The minimum atomic E-state index is -0.257. The van der Waals surface area contributed by atoms with Crippen molar-refractivity contribution in [3.63, 3.8) is 0 Å². The smallest absolute Gasteiger partial charge is 0.262 e. The van der Waals surface area contributed by atoms with Gasteiger partial charge in [0.25, 0.3) is 11.7 Å². The summed E-state index contributed by atoms with van der Waals surface area (Å²) in [4.78, 5) is 22.0. The molecule has 2 aromatic carbocycles. The van der Waals surface area contributed by atoms with Crippen molar-refractivity contribution >= 4 is 40.7 Å². The minimum absolute atomic E-state index is 0.108. The number of anilines is 1. The lowest BCUT2D eigenvalue weighted by Gasteiger charge is -2.12. The fourth-order valence-corrected chi connectivity index (χ4v) is 3.86. The Hall–Kier alpha value is -3.10. The lowest BCUT2D eigenvalue weighted by atomic mass is 10.3. The standard InChI is InChI=1S/C21H18ClN5O2S/c1-2-15-11-20(27-21(25-15)23-13-24-27)30-18-6-4-3-5-17(18)26-19(28)12-29-16-9-7-14(22)8-10-16/h3-11,13H,2,12H2,1H3,(H,26,28). The van der Waals surface area contributed by atoms with Crippen molar-refractivity contribution in [1.29, 1.82) is 0 Å². The number of hydrogen-bond acceptors (Lipinski definition) is 6. The van der Waals surface area contributed by atoms with E-state index in [1.54, 1.807) is 28.8 Å². The maximum absolute atomic E-state index is 12.4. The summed E-state index contributed by atoms with van der Waals surface area (Å²) in [5.74, 6) is 0.872. The number of fused-ring (bicyclic) bond motifs is 1. The SMILES string of the molecule is CCc1cc(Sc2ccccc2NC(=O)COc2ccc(Cl)cc2)n2ncnc2n1. The molecule has 152 valence electrons. The highest BCUT2D eigenvalue weighted by Gasteiger charge is 2.13. The molecule has 0 aliphatic carbocycles. The average molecular weight is 440 g/mol. The van der Waals surface area contributed by atoms with Crippen molar-refractivity contribution in [1.82, 2.24) is 19.6 Å². The zero-order chi connectivity index (χ0) is 20.9. The quantitative estimate of drug-likeness (QED) is 0.427. The van der Waals surface area contributed by atoms with E-state index in [4.69, 9.17) is 16.3 Å². The third-order valence-corrected chi connectivity index (χ3v) is 5.52. The Bertz CT molecular complexity index is 1180. The second kappa shape index (κ2) is 9.15. The van der Waals surface area contributed by atoms with E-state index in [2.05, 4.69) is 20.4 Å². The predicted molar refractivity (Wildman–Crippen MR) is 116 cm³/mol. The lowest BCUT2D eigenvalue weighted by Crippen LogP contribution is -2.20. The van der Waals surface area contributed by atoms with Gasteiger partial charge in [-0.2, -0.15) is 14.6 Å². The summed E-state index contributed by atoms with van der Waals surface area (Å²) in [6, 6.07) is 16.4. The van der Waals surface area contributed by atoms with Gasteiger partial charge in [0.05, 0.1) is 5.69 Å². The molecule has 0 spiro atoms. The van der Waals surface area contributed by atoms with Gasteiger partial charge in [0.2, 0.25) is 0 Å². The van der Waals surface area contributed by atoms with E-state index in [1.165, 1.54) is 18.1 Å². The average Bonchev–Trinajstić information content (AvgIpc) is 3.23. The first kappa shape index (κ1) is 20.2. The Labute approximate surface area is 182 Å². The molecule has 1 N–H and O–H groups in total. The number of nitrogens with zero attached hydrogens (tertiary/aromatic N) is 4. The van der Waals surface area contributed by atoms with Gasteiger partial charge < -0.3 is 10.1 Å². The van der Waals surface area contributed by atoms with Crippen LogP contribution in [-0.2, 0) is 11.2 Å². The van der Waals surface area contributed by atoms with Gasteiger partial charge in [-0.25, -0.2) is 4.98 Å². The van der Waals surface area contributed by atoms with E-state index in [0.29, 0.717) is 22.2 Å². The largest absolute Gasteiger partial charge is 0.484 e.